The molecule has 0 spiro atoms. The minimum Gasteiger partial charge on any atom is -0.465 e. The maximum atomic E-state index is 12.5. The average molecular weight is 469 g/mol. The third kappa shape index (κ3) is 4.45. The maximum absolute atomic E-state index is 12.5. The summed E-state index contributed by atoms with van der Waals surface area (Å²) in [4.78, 5) is 36.9. The van der Waals surface area contributed by atoms with Gasteiger partial charge in [-0.05, 0) is 61.9 Å². The Morgan fingerprint density at radius 3 is 2.85 bits per heavy atom. The molecule has 9 nitrogen and oxygen atoms in total. The number of carbonyl (C=O) groups excluding carboxylic acids is 1. The van der Waals surface area contributed by atoms with Gasteiger partial charge in [0.1, 0.15) is 22.7 Å². The van der Waals surface area contributed by atoms with E-state index in [9.17, 15) is 9.59 Å². The number of carbonyl (C=O) groups is 2. The predicted octanol–water partition coefficient (Wildman–Crippen LogP) is 3.87. The molecule has 1 aliphatic heterocycles. The summed E-state index contributed by atoms with van der Waals surface area (Å²) in [6, 6.07) is 7.28. The lowest BCUT2D eigenvalue weighted by Crippen LogP contribution is -2.59. The number of likely N-dealkylation sites (tertiary alicyclic amines) is 1. The molecule has 4 heterocycles. The number of H-pyrrole nitrogens is 1. The molecule has 0 bridgehead atoms. The summed E-state index contributed by atoms with van der Waals surface area (Å²) in [6.07, 6.45) is 6.72. The van der Waals surface area contributed by atoms with Crippen LogP contribution in [-0.4, -0.2) is 61.6 Å². The van der Waals surface area contributed by atoms with Gasteiger partial charge in [-0.1, -0.05) is 11.6 Å². The third-order valence-corrected chi connectivity index (χ3v) is 6.69. The third-order valence-electron chi connectivity index (χ3n) is 6.50. The Morgan fingerprint density at radius 2 is 2.06 bits per heavy atom. The van der Waals surface area contributed by atoms with E-state index in [2.05, 4.69) is 25.6 Å². The molecule has 3 atom stereocenters. The number of fused-ring (bicyclic) bond motifs is 1. The Balaban J connectivity index is 1.26. The van der Waals surface area contributed by atoms with Crippen LogP contribution < -0.4 is 10.6 Å². The normalized spacial score (nSPS) is 22.6. The quantitative estimate of drug-likeness (QED) is 0.421. The van der Waals surface area contributed by atoms with Gasteiger partial charge in [0.2, 0.25) is 5.91 Å². The first kappa shape index (κ1) is 21.5. The van der Waals surface area contributed by atoms with E-state index in [0.29, 0.717) is 23.9 Å². The van der Waals surface area contributed by atoms with Gasteiger partial charge in [-0.3, -0.25) is 9.69 Å². The number of aromatic nitrogens is 3. The minimum absolute atomic E-state index is 0.00154. The van der Waals surface area contributed by atoms with Crippen molar-refractivity contribution in [1.29, 1.82) is 0 Å². The second-order valence-corrected chi connectivity index (χ2v) is 9.05. The van der Waals surface area contributed by atoms with E-state index in [1.54, 1.807) is 6.20 Å². The number of nitrogens with one attached hydrogen (secondary N) is 3. The number of anilines is 1. The molecule has 3 aromatic rings. The zero-order chi connectivity index (χ0) is 22.9. The summed E-state index contributed by atoms with van der Waals surface area (Å²) in [5.74, 6) is 0.481. The first-order chi connectivity index (χ1) is 16.0. The molecule has 0 radical (unpaired) electrons. The van der Waals surface area contributed by atoms with E-state index in [1.807, 2.05) is 30.5 Å². The molecular formula is C23H25ClN6O3. The number of pyridine rings is 2. The first-order valence-electron chi connectivity index (χ1n) is 11.1. The SMILES string of the molecule is O=C(NC1CCCC(Nc2cc(-c3c[nH]c4ncccc34)cc(Cl)n2)C1)C1CCN1C(=O)O. The fourth-order valence-electron chi connectivity index (χ4n) is 4.77. The molecule has 1 saturated carbocycles. The number of rotatable bonds is 5. The van der Waals surface area contributed by atoms with Crippen LogP contribution in [0, 0.1) is 0 Å². The lowest BCUT2D eigenvalue weighted by atomic mass is 9.90. The molecule has 2 fully saturated rings. The second kappa shape index (κ2) is 8.90. The Hall–Kier alpha value is -3.33. The molecule has 10 heteroatoms. The van der Waals surface area contributed by atoms with Crippen LogP contribution in [0.4, 0.5) is 10.6 Å². The number of carboxylic acid groups (broad SMARTS) is 1. The van der Waals surface area contributed by atoms with Gasteiger partial charge >= 0.3 is 6.09 Å². The summed E-state index contributed by atoms with van der Waals surface area (Å²) in [5, 5.41) is 17.1. The van der Waals surface area contributed by atoms with Crippen molar-refractivity contribution in [2.45, 2.75) is 50.2 Å². The van der Waals surface area contributed by atoms with E-state index in [-0.39, 0.29) is 18.0 Å². The van der Waals surface area contributed by atoms with Crippen LogP contribution >= 0.6 is 11.6 Å². The molecule has 2 aliphatic rings. The zero-order valence-corrected chi connectivity index (χ0v) is 18.7. The largest absolute Gasteiger partial charge is 0.465 e. The molecule has 3 unspecified atom stereocenters. The zero-order valence-electron chi connectivity index (χ0n) is 17.9. The average Bonchev–Trinajstić information content (AvgIpc) is 3.16. The summed E-state index contributed by atoms with van der Waals surface area (Å²) in [7, 11) is 0. The van der Waals surface area contributed by atoms with E-state index in [1.165, 1.54) is 4.90 Å². The van der Waals surface area contributed by atoms with Crippen molar-refractivity contribution >= 4 is 40.5 Å². The predicted molar refractivity (Wildman–Crippen MR) is 125 cm³/mol. The van der Waals surface area contributed by atoms with Crippen molar-refractivity contribution in [3.8, 4) is 11.1 Å². The summed E-state index contributed by atoms with van der Waals surface area (Å²) < 4.78 is 0. The molecule has 1 aliphatic carbocycles. The first-order valence-corrected chi connectivity index (χ1v) is 11.5. The van der Waals surface area contributed by atoms with Gasteiger partial charge in [0.15, 0.2) is 0 Å². The lowest BCUT2D eigenvalue weighted by molar-refractivity contribution is -0.130. The van der Waals surface area contributed by atoms with E-state index < -0.39 is 12.1 Å². The fourth-order valence-corrected chi connectivity index (χ4v) is 4.98. The molecule has 33 heavy (non-hydrogen) atoms. The molecule has 172 valence electrons. The van der Waals surface area contributed by atoms with Crippen molar-refractivity contribution in [3.63, 3.8) is 0 Å². The van der Waals surface area contributed by atoms with Gasteiger partial charge in [-0.15, -0.1) is 0 Å². The van der Waals surface area contributed by atoms with Crippen LogP contribution in [-0.2, 0) is 4.79 Å². The van der Waals surface area contributed by atoms with E-state index in [0.717, 1.165) is 47.8 Å². The fraction of sp³-hybridized carbons (Fsp3) is 0.391. The highest BCUT2D eigenvalue weighted by molar-refractivity contribution is 6.29. The topological polar surface area (TPSA) is 123 Å². The number of hydrogen-bond donors (Lipinski definition) is 4. The summed E-state index contributed by atoms with van der Waals surface area (Å²) in [6.45, 7) is 0.414. The molecule has 1 saturated heterocycles. The van der Waals surface area contributed by atoms with Gasteiger partial charge < -0.3 is 20.7 Å². The van der Waals surface area contributed by atoms with Crippen LogP contribution in [0.25, 0.3) is 22.2 Å². The van der Waals surface area contributed by atoms with Gasteiger partial charge in [0.25, 0.3) is 0 Å². The van der Waals surface area contributed by atoms with Crippen LogP contribution in [0.15, 0.2) is 36.7 Å². The standard InChI is InChI=1S/C23H25ClN6O3/c24-19-9-13(17-12-26-21-16(17)5-2-7-25-21)10-20(29-19)27-14-3-1-4-15(11-14)28-22(31)18-6-8-30(18)23(32)33/h2,5,7,9-10,12,14-15,18H,1,3-4,6,8,11H2,(H,25,26)(H,27,29)(H,28,31)(H,32,33). The van der Waals surface area contributed by atoms with Crippen molar-refractivity contribution in [2.75, 3.05) is 11.9 Å². The molecule has 0 aromatic carbocycles. The number of aromatic amines is 1. The van der Waals surface area contributed by atoms with Gasteiger partial charge in [-0.2, -0.15) is 0 Å². The number of hydrogen-bond acceptors (Lipinski definition) is 5. The van der Waals surface area contributed by atoms with E-state index >= 15 is 0 Å². The summed E-state index contributed by atoms with van der Waals surface area (Å²) in [5.41, 5.74) is 2.76. The Morgan fingerprint density at radius 1 is 1.21 bits per heavy atom. The monoisotopic (exact) mass is 468 g/mol. The molecule has 4 N–H and O–H groups in total. The molecule has 2 amide bonds. The van der Waals surface area contributed by atoms with Gasteiger partial charge in [0, 0.05) is 42.0 Å². The van der Waals surface area contributed by atoms with E-state index in [4.69, 9.17) is 16.7 Å². The van der Waals surface area contributed by atoms with Crippen LogP contribution in [0.3, 0.4) is 0 Å². The number of halogens is 1. The van der Waals surface area contributed by atoms with Gasteiger partial charge in [-0.25, -0.2) is 14.8 Å². The second-order valence-electron chi connectivity index (χ2n) is 8.66. The highest BCUT2D eigenvalue weighted by Crippen LogP contribution is 2.31. The Bertz CT molecular complexity index is 1200. The molecule has 3 aromatic heterocycles. The highest BCUT2D eigenvalue weighted by atomic mass is 35.5. The number of amides is 2. The Labute approximate surface area is 195 Å². The minimum atomic E-state index is -1.04. The van der Waals surface area contributed by atoms with Crippen molar-refractivity contribution < 1.29 is 14.7 Å². The number of nitrogens with zero attached hydrogens (tertiary/aromatic N) is 3. The highest BCUT2D eigenvalue weighted by Gasteiger charge is 2.38. The van der Waals surface area contributed by atoms with Crippen molar-refractivity contribution in [3.05, 3.63) is 41.8 Å². The maximum Gasteiger partial charge on any atom is 0.407 e. The van der Waals surface area contributed by atoms with Crippen LogP contribution in [0.1, 0.15) is 32.1 Å². The van der Waals surface area contributed by atoms with Crippen LogP contribution in [0.5, 0.6) is 0 Å². The van der Waals surface area contributed by atoms with Crippen molar-refractivity contribution in [2.24, 2.45) is 0 Å². The van der Waals surface area contributed by atoms with Crippen LogP contribution in [0.2, 0.25) is 5.15 Å². The molecular weight excluding hydrogens is 444 g/mol. The van der Waals surface area contributed by atoms with Crippen molar-refractivity contribution in [1.82, 2.24) is 25.2 Å². The Kier molecular flexibility index (Phi) is 5.80. The summed E-state index contributed by atoms with van der Waals surface area (Å²) >= 11 is 6.34. The van der Waals surface area contributed by atoms with Gasteiger partial charge in [0.05, 0.1) is 0 Å². The smallest absolute Gasteiger partial charge is 0.407 e. The lowest BCUT2D eigenvalue weighted by Gasteiger charge is -2.39. The molecule has 5 rings (SSSR count).